The van der Waals surface area contributed by atoms with E-state index in [0.29, 0.717) is 23.8 Å². The Morgan fingerprint density at radius 3 is 2.35 bits per heavy atom. The molecule has 0 atom stereocenters. The van der Waals surface area contributed by atoms with Crippen molar-refractivity contribution in [1.29, 1.82) is 0 Å². The zero-order valence-electron chi connectivity index (χ0n) is 15.6. The molecule has 0 aromatic heterocycles. The SMILES string of the molecule is COc1ccc(C)cc1CSCC(=O)NCc1ccc(OC)c(OC)c1. The molecule has 2 aromatic rings. The first kappa shape index (κ1) is 20.0. The molecule has 0 aliphatic rings. The zero-order valence-corrected chi connectivity index (χ0v) is 16.4. The smallest absolute Gasteiger partial charge is 0.230 e. The van der Waals surface area contributed by atoms with Crippen molar-refractivity contribution in [3.05, 3.63) is 53.1 Å². The van der Waals surface area contributed by atoms with Crippen molar-refractivity contribution in [3.63, 3.8) is 0 Å². The number of benzene rings is 2. The molecule has 0 aliphatic heterocycles. The third-order valence-corrected chi connectivity index (χ3v) is 4.85. The number of hydrogen-bond donors (Lipinski definition) is 1. The Balaban J connectivity index is 1.82. The first-order valence-corrected chi connectivity index (χ1v) is 9.41. The van der Waals surface area contributed by atoms with Gasteiger partial charge in [0, 0.05) is 17.9 Å². The number of hydrogen-bond acceptors (Lipinski definition) is 5. The molecule has 0 spiro atoms. The van der Waals surface area contributed by atoms with Gasteiger partial charge in [-0.3, -0.25) is 4.79 Å². The largest absolute Gasteiger partial charge is 0.496 e. The lowest BCUT2D eigenvalue weighted by Crippen LogP contribution is -2.24. The topological polar surface area (TPSA) is 56.8 Å². The molecular weight excluding hydrogens is 350 g/mol. The number of amides is 1. The monoisotopic (exact) mass is 375 g/mol. The molecule has 1 N–H and O–H groups in total. The molecule has 2 rings (SSSR count). The number of carbonyl (C=O) groups is 1. The maximum Gasteiger partial charge on any atom is 0.230 e. The van der Waals surface area contributed by atoms with Gasteiger partial charge in [0.1, 0.15) is 5.75 Å². The van der Waals surface area contributed by atoms with Crippen LogP contribution in [0.1, 0.15) is 16.7 Å². The first-order chi connectivity index (χ1) is 12.6. The predicted molar refractivity (Wildman–Crippen MR) is 105 cm³/mol. The van der Waals surface area contributed by atoms with E-state index in [-0.39, 0.29) is 5.91 Å². The molecule has 0 unspecified atom stereocenters. The quantitative estimate of drug-likeness (QED) is 0.726. The molecule has 1 amide bonds. The van der Waals surface area contributed by atoms with E-state index in [2.05, 4.69) is 11.4 Å². The Morgan fingerprint density at radius 2 is 1.65 bits per heavy atom. The molecule has 0 aliphatic carbocycles. The van der Waals surface area contributed by atoms with Crippen LogP contribution in [-0.4, -0.2) is 33.0 Å². The van der Waals surface area contributed by atoms with E-state index in [1.54, 1.807) is 33.1 Å². The summed E-state index contributed by atoms with van der Waals surface area (Å²) in [6, 6.07) is 11.7. The highest BCUT2D eigenvalue weighted by Crippen LogP contribution is 2.27. The Kier molecular flexibility index (Phi) is 7.66. The molecule has 0 bridgehead atoms. The van der Waals surface area contributed by atoms with Crippen LogP contribution in [0.2, 0.25) is 0 Å². The van der Waals surface area contributed by atoms with Crippen LogP contribution in [0.5, 0.6) is 17.2 Å². The second kappa shape index (κ2) is 9.97. The van der Waals surface area contributed by atoms with Crippen LogP contribution in [0.3, 0.4) is 0 Å². The standard InChI is InChI=1S/C20H25NO4S/c1-14-5-7-17(23-2)16(9-14)12-26-13-20(22)21-11-15-6-8-18(24-3)19(10-15)25-4/h5-10H,11-13H2,1-4H3,(H,21,22). The van der Waals surface area contributed by atoms with Crippen molar-refractivity contribution in [2.75, 3.05) is 27.1 Å². The van der Waals surface area contributed by atoms with Crippen molar-refractivity contribution < 1.29 is 19.0 Å². The lowest BCUT2D eigenvalue weighted by atomic mass is 10.1. The molecule has 0 fully saturated rings. The van der Waals surface area contributed by atoms with E-state index in [0.717, 1.165) is 22.6 Å². The third-order valence-electron chi connectivity index (χ3n) is 3.86. The molecular formula is C20H25NO4S. The first-order valence-electron chi connectivity index (χ1n) is 8.26. The van der Waals surface area contributed by atoms with Gasteiger partial charge in [-0.2, -0.15) is 0 Å². The molecule has 0 saturated heterocycles. The maximum absolute atomic E-state index is 12.1. The van der Waals surface area contributed by atoms with E-state index < -0.39 is 0 Å². The lowest BCUT2D eigenvalue weighted by Gasteiger charge is -2.11. The van der Waals surface area contributed by atoms with Crippen LogP contribution in [0.15, 0.2) is 36.4 Å². The summed E-state index contributed by atoms with van der Waals surface area (Å²) in [5.74, 6) is 3.30. The second-order valence-electron chi connectivity index (χ2n) is 5.77. The predicted octanol–water partition coefficient (Wildman–Crippen LogP) is 3.57. The highest BCUT2D eigenvalue weighted by Gasteiger charge is 2.08. The summed E-state index contributed by atoms with van der Waals surface area (Å²) < 4.78 is 15.9. The fraction of sp³-hybridized carbons (Fsp3) is 0.350. The minimum absolute atomic E-state index is 0.00333. The van der Waals surface area contributed by atoms with Gasteiger partial charge in [0.25, 0.3) is 0 Å². The normalized spacial score (nSPS) is 10.3. The summed E-state index contributed by atoms with van der Waals surface area (Å²) in [5.41, 5.74) is 3.24. The minimum Gasteiger partial charge on any atom is -0.496 e. The summed E-state index contributed by atoms with van der Waals surface area (Å²) >= 11 is 1.56. The van der Waals surface area contributed by atoms with Gasteiger partial charge in [-0.25, -0.2) is 0 Å². The molecule has 2 aromatic carbocycles. The number of aryl methyl sites for hydroxylation is 1. The minimum atomic E-state index is -0.00333. The number of rotatable bonds is 9. The van der Waals surface area contributed by atoms with Gasteiger partial charge in [0.15, 0.2) is 11.5 Å². The van der Waals surface area contributed by atoms with Crippen molar-refractivity contribution in [2.24, 2.45) is 0 Å². The summed E-state index contributed by atoms with van der Waals surface area (Å²) in [6.07, 6.45) is 0. The Morgan fingerprint density at radius 1 is 0.962 bits per heavy atom. The number of carbonyl (C=O) groups excluding carboxylic acids is 1. The van der Waals surface area contributed by atoms with Gasteiger partial charge in [0.05, 0.1) is 27.1 Å². The third kappa shape index (κ3) is 5.59. The summed E-state index contributed by atoms with van der Waals surface area (Å²) in [6.45, 7) is 2.50. The van der Waals surface area contributed by atoms with Crippen LogP contribution in [0.25, 0.3) is 0 Å². The highest BCUT2D eigenvalue weighted by molar-refractivity contribution is 7.99. The molecule has 140 valence electrons. The highest BCUT2D eigenvalue weighted by atomic mass is 32.2. The van der Waals surface area contributed by atoms with Crippen molar-refractivity contribution >= 4 is 17.7 Å². The van der Waals surface area contributed by atoms with Crippen LogP contribution < -0.4 is 19.5 Å². The number of nitrogens with one attached hydrogen (secondary N) is 1. The summed E-state index contributed by atoms with van der Waals surface area (Å²) in [7, 11) is 4.85. The zero-order chi connectivity index (χ0) is 18.9. The maximum atomic E-state index is 12.1. The fourth-order valence-electron chi connectivity index (χ4n) is 2.52. The van der Waals surface area contributed by atoms with E-state index in [1.165, 1.54) is 5.56 Å². The summed E-state index contributed by atoms with van der Waals surface area (Å²) in [5, 5.41) is 2.93. The van der Waals surface area contributed by atoms with Crippen LogP contribution in [0, 0.1) is 6.92 Å². The summed E-state index contributed by atoms with van der Waals surface area (Å²) in [4.78, 5) is 12.1. The van der Waals surface area contributed by atoms with E-state index in [4.69, 9.17) is 14.2 Å². The van der Waals surface area contributed by atoms with Crippen molar-refractivity contribution in [2.45, 2.75) is 19.2 Å². The van der Waals surface area contributed by atoms with Crippen molar-refractivity contribution in [1.82, 2.24) is 5.32 Å². The number of ether oxygens (including phenoxy) is 3. The van der Waals surface area contributed by atoms with Crippen LogP contribution in [0.4, 0.5) is 0 Å². The Hall–Kier alpha value is -2.34. The van der Waals surface area contributed by atoms with Gasteiger partial charge in [0.2, 0.25) is 5.91 Å². The van der Waals surface area contributed by atoms with E-state index in [1.807, 2.05) is 37.3 Å². The van der Waals surface area contributed by atoms with Gasteiger partial charge >= 0.3 is 0 Å². The van der Waals surface area contributed by atoms with Gasteiger partial charge in [-0.05, 0) is 30.7 Å². The lowest BCUT2D eigenvalue weighted by molar-refractivity contribution is -0.118. The second-order valence-corrected chi connectivity index (χ2v) is 6.76. The molecule has 5 nitrogen and oxygen atoms in total. The van der Waals surface area contributed by atoms with Crippen molar-refractivity contribution in [3.8, 4) is 17.2 Å². The van der Waals surface area contributed by atoms with Gasteiger partial charge in [-0.15, -0.1) is 11.8 Å². The molecule has 0 radical (unpaired) electrons. The van der Waals surface area contributed by atoms with Crippen LogP contribution >= 0.6 is 11.8 Å². The van der Waals surface area contributed by atoms with E-state index >= 15 is 0 Å². The molecule has 0 heterocycles. The fourth-order valence-corrected chi connectivity index (χ4v) is 3.35. The number of methoxy groups -OCH3 is 3. The molecule has 0 saturated carbocycles. The van der Waals surface area contributed by atoms with Gasteiger partial charge in [-0.1, -0.05) is 23.8 Å². The van der Waals surface area contributed by atoms with Crippen LogP contribution in [-0.2, 0) is 17.1 Å². The molecule has 6 heteroatoms. The average molecular weight is 375 g/mol. The number of thioether (sulfide) groups is 1. The molecule has 26 heavy (non-hydrogen) atoms. The van der Waals surface area contributed by atoms with Gasteiger partial charge < -0.3 is 19.5 Å². The Labute approximate surface area is 159 Å². The Bertz CT molecular complexity index is 749. The average Bonchev–Trinajstić information content (AvgIpc) is 2.66. The van der Waals surface area contributed by atoms with E-state index in [9.17, 15) is 4.79 Å².